The molecule has 0 radical (unpaired) electrons. The minimum Gasteiger partial charge on any atom is -0.462 e. The van der Waals surface area contributed by atoms with Crippen molar-refractivity contribution in [1.29, 1.82) is 0 Å². The molecule has 0 aromatic carbocycles. The maximum absolute atomic E-state index is 12.0. The fourth-order valence-corrected chi connectivity index (χ4v) is 1.79. The molecule has 4 heteroatoms. The summed E-state index contributed by atoms with van der Waals surface area (Å²) >= 11 is 0. The number of carbonyl (C=O) groups excluding carboxylic acids is 2. The third kappa shape index (κ3) is 4.89. The predicted octanol–water partition coefficient (Wildman–Crippen LogP) is 2.93. The van der Waals surface area contributed by atoms with Gasteiger partial charge in [-0.15, -0.1) is 0 Å². The van der Waals surface area contributed by atoms with Crippen molar-refractivity contribution < 1.29 is 19.1 Å². The standard InChI is InChI=1S/C15H22O4/c1-3-10-18-14(16)12-8-6-5-7-9-13(12)15(17)19-11-4-2/h6,8H,3-5,7,9-11H2,1-2H3. The largest absolute Gasteiger partial charge is 0.462 e. The van der Waals surface area contributed by atoms with Gasteiger partial charge in [0.15, 0.2) is 0 Å². The van der Waals surface area contributed by atoms with Gasteiger partial charge in [-0.2, -0.15) is 0 Å². The molecular formula is C15H22O4. The Morgan fingerprint density at radius 1 is 1.11 bits per heavy atom. The van der Waals surface area contributed by atoms with Crippen molar-refractivity contribution in [3.63, 3.8) is 0 Å². The summed E-state index contributed by atoms with van der Waals surface area (Å²) in [6, 6.07) is 0. The summed E-state index contributed by atoms with van der Waals surface area (Å²) in [6.07, 6.45) is 7.39. The van der Waals surface area contributed by atoms with Crippen LogP contribution >= 0.6 is 0 Å². The molecule has 0 fully saturated rings. The molecule has 0 aromatic heterocycles. The number of ether oxygens (including phenoxy) is 2. The fourth-order valence-electron chi connectivity index (χ4n) is 1.79. The minimum atomic E-state index is -0.427. The van der Waals surface area contributed by atoms with E-state index in [1.165, 1.54) is 0 Å². The zero-order chi connectivity index (χ0) is 14.1. The summed E-state index contributed by atoms with van der Waals surface area (Å²) in [5, 5.41) is 0. The van der Waals surface area contributed by atoms with E-state index in [9.17, 15) is 9.59 Å². The lowest BCUT2D eigenvalue weighted by Gasteiger charge is -2.10. The zero-order valence-corrected chi connectivity index (χ0v) is 11.7. The second-order valence-corrected chi connectivity index (χ2v) is 4.46. The van der Waals surface area contributed by atoms with Crippen LogP contribution in [0.2, 0.25) is 0 Å². The molecule has 106 valence electrons. The molecule has 0 spiro atoms. The first-order valence-corrected chi connectivity index (χ1v) is 6.94. The Morgan fingerprint density at radius 3 is 2.37 bits per heavy atom. The number of carbonyl (C=O) groups is 2. The van der Waals surface area contributed by atoms with Crippen LogP contribution in [0, 0.1) is 0 Å². The topological polar surface area (TPSA) is 52.6 Å². The van der Waals surface area contributed by atoms with Gasteiger partial charge < -0.3 is 9.47 Å². The molecule has 0 N–H and O–H groups in total. The summed E-state index contributed by atoms with van der Waals surface area (Å²) < 4.78 is 10.2. The van der Waals surface area contributed by atoms with Gasteiger partial charge in [-0.25, -0.2) is 9.59 Å². The summed E-state index contributed by atoms with van der Waals surface area (Å²) in [5.41, 5.74) is 0.801. The van der Waals surface area contributed by atoms with Crippen molar-refractivity contribution in [2.24, 2.45) is 0 Å². The molecule has 0 saturated carbocycles. The molecule has 0 atom stereocenters. The number of hydrogen-bond donors (Lipinski definition) is 0. The summed E-state index contributed by atoms with van der Waals surface area (Å²) in [5.74, 6) is -0.819. The van der Waals surface area contributed by atoms with Gasteiger partial charge in [-0.3, -0.25) is 0 Å². The summed E-state index contributed by atoms with van der Waals surface area (Å²) in [6.45, 7) is 4.61. The van der Waals surface area contributed by atoms with Crippen LogP contribution in [0.1, 0.15) is 46.0 Å². The Morgan fingerprint density at radius 2 is 1.74 bits per heavy atom. The number of rotatable bonds is 6. The SMILES string of the molecule is CCCOC(=O)C1=C(C(=O)OCCC)CCCC=C1. The second kappa shape index (κ2) is 8.51. The smallest absolute Gasteiger partial charge is 0.338 e. The Hall–Kier alpha value is -1.58. The quantitative estimate of drug-likeness (QED) is 0.694. The van der Waals surface area contributed by atoms with Gasteiger partial charge in [-0.05, 0) is 32.1 Å². The Bertz CT molecular complexity index is 380. The Balaban J connectivity index is 2.88. The van der Waals surface area contributed by atoms with Crippen LogP contribution in [0.5, 0.6) is 0 Å². The third-order valence-electron chi connectivity index (χ3n) is 2.75. The molecule has 1 aliphatic rings. The van der Waals surface area contributed by atoms with Crippen LogP contribution < -0.4 is 0 Å². The highest BCUT2D eigenvalue weighted by Crippen LogP contribution is 2.21. The van der Waals surface area contributed by atoms with Gasteiger partial charge in [0.2, 0.25) is 0 Å². The Labute approximate surface area is 114 Å². The molecule has 0 aliphatic heterocycles. The average Bonchev–Trinajstić information content (AvgIpc) is 2.67. The first-order valence-electron chi connectivity index (χ1n) is 6.94. The number of hydrogen-bond acceptors (Lipinski definition) is 4. The minimum absolute atomic E-state index is 0.354. The first kappa shape index (κ1) is 15.5. The van der Waals surface area contributed by atoms with Crippen LogP contribution in [0.25, 0.3) is 0 Å². The van der Waals surface area contributed by atoms with Crippen LogP contribution in [0.4, 0.5) is 0 Å². The van der Waals surface area contributed by atoms with Crippen LogP contribution in [0.3, 0.4) is 0 Å². The molecule has 0 saturated heterocycles. The van der Waals surface area contributed by atoms with Crippen molar-refractivity contribution in [2.45, 2.75) is 46.0 Å². The van der Waals surface area contributed by atoms with E-state index in [0.29, 0.717) is 30.8 Å². The molecule has 0 heterocycles. The first-order chi connectivity index (χ1) is 9.20. The van der Waals surface area contributed by atoms with E-state index in [-0.39, 0.29) is 0 Å². The highest BCUT2D eigenvalue weighted by atomic mass is 16.5. The molecule has 0 unspecified atom stereocenters. The van der Waals surface area contributed by atoms with Crippen LogP contribution in [-0.4, -0.2) is 25.2 Å². The van der Waals surface area contributed by atoms with Gasteiger partial charge in [0, 0.05) is 0 Å². The maximum atomic E-state index is 12.0. The van der Waals surface area contributed by atoms with Crippen molar-refractivity contribution >= 4 is 11.9 Å². The van der Waals surface area contributed by atoms with E-state index < -0.39 is 11.9 Å². The summed E-state index contributed by atoms with van der Waals surface area (Å²) in [7, 11) is 0. The van der Waals surface area contributed by atoms with Crippen molar-refractivity contribution in [1.82, 2.24) is 0 Å². The molecule has 0 bridgehead atoms. The fraction of sp³-hybridized carbons (Fsp3) is 0.600. The molecule has 19 heavy (non-hydrogen) atoms. The molecule has 1 rings (SSSR count). The molecule has 1 aliphatic carbocycles. The predicted molar refractivity (Wildman–Crippen MR) is 72.5 cm³/mol. The second-order valence-electron chi connectivity index (χ2n) is 4.46. The number of esters is 2. The van der Waals surface area contributed by atoms with E-state index in [4.69, 9.17) is 9.47 Å². The monoisotopic (exact) mass is 266 g/mol. The lowest BCUT2D eigenvalue weighted by atomic mass is 10.1. The highest BCUT2D eigenvalue weighted by molar-refractivity contribution is 6.02. The van der Waals surface area contributed by atoms with E-state index in [1.807, 2.05) is 19.9 Å². The molecule has 0 amide bonds. The van der Waals surface area contributed by atoms with E-state index in [1.54, 1.807) is 6.08 Å². The van der Waals surface area contributed by atoms with Crippen molar-refractivity contribution in [3.05, 3.63) is 23.3 Å². The molecule has 0 aromatic rings. The number of allylic oxidation sites excluding steroid dienone is 1. The van der Waals surface area contributed by atoms with E-state index in [2.05, 4.69) is 0 Å². The molecular weight excluding hydrogens is 244 g/mol. The summed E-state index contributed by atoms with van der Waals surface area (Å²) in [4.78, 5) is 23.9. The van der Waals surface area contributed by atoms with Gasteiger partial charge in [0.05, 0.1) is 24.4 Å². The van der Waals surface area contributed by atoms with Gasteiger partial charge >= 0.3 is 11.9 Å². The maximum Gasteiger partial charge on any atom is 0.338 e. The highest BCUT2D eigenvalue weighted by Gasteiger charge is 2.22. The lowest BCUT2D eigenvalue weighted by molar-refractivity contribution is -0.142. The third-order valence-corrected chi connectivity index (χ3v) is 2.75. The van der Waals surface area contributed by atoms with Crippen LogP contribution in [-0.2, 0) is 19.1 Å². The normalized spacial score (nSPS) is 15.1. The Kier molecular flexibility index (Phi) is 6.93. The van der Waals surface area contributed by atoms with E-state index >= 15 is 0 Å². The van der Waals surface area contributed by atoms with Crippen LogP contribution in [0.15, 0.2) is 23.3 Å². The van der Waals surface area contributed by atoms with Gasteiger partial charge in [0.1, 0.15) is 0 Å². The lowest BCUT2D eigenvalue weighted by Crippen LogP contribution is -2.16. The van der Waals surface area contributed by atoms with Crippen molar-refractivity contribution in [3.8, 4) is 0 Å². The van der Waals surface area contributed by atoms with Crippen molar-refractivity contribution in [2.75, 3.05) is 13.2 Å². The van der Waals surface area contributed by atoms with E-state index in [0.717, 1.165) is 25.7 Å². The van der Waals surface area contributed by atoms with Gasteiger partial charge in [-0.1, -0.05) is 26.0 Å². The zero-order valence-electron chi connectivity index (χ0n) is 11.7. The average molecular weight is 266 g/mol. The van der Waals surface area contributed by atoms with Gasteiger partial charge in [0.25, 0.3) is 0 Å². The molecule has 4 nitrogen and oxygen atoms in total.